The summed E-state index contributed by atoms with van der Waals surface area (Å²) < 4.78 is 10.0. The molecule has 0 heterocycles. The molecule has 0 N–H and O–H groups in total. The first-order valence-corrected chi connectivity index (χ1v) is 7.11. The molecule has 0 saturated heterocycles. The molecule has 0 aliphatic heterocycles. The van der Waals surface area contributed by atoms with E-state index in [2.05, 4.69) is 0 Å². The summed E-state index contributed by atoms with van der Waals surface area (Å²) in [5.74, 6) is -2.09. The van der Waals surface area contributed by atoms with Crippen LogP contribution in [-0.4, -0.2) is 17.2 Å². The SMILES string of the molecule is O=C(Cl)C(=O)OC(C(=O)OCc1ccccc1)c1ccccc1. The van der Waals surface area contributed by atoms with Crippen LogP contribution in [0.1, 0.15) is 17.2 Å². The highest BCUT2D eigenvalue weighted by molar-refractivity contribution is 6.80. The van der Waals surface area contributed by atoms with Gasteiger partial charge in [-0.15, -0.1) is 0 Å². The first-order chi connectivity index (χ1) is 11.1. The van der Waals surface area contributed by atoms with Crippen molar-refractivity contribution in [1.29, 1.82) is 0 Å². The van der Waals surface area contributed by atoms with E-state index >= 15 is 0 Å². The summed E-state index contributed by atoms with van der Waals surface area (Å²) in [7, 11) is 0. The molecule has 0 bridgehead atoms. The van der Waals surface area contributed by atoms with Crippen LogP contribution in [0.3, 0.4) is 0 Å². The maximum absolute atomic E-state index is 12.2. The van der Waals surface area contributed by atoms with Crippen molar-refractivity contribution in [3.8, 4) is 0 Å². The third kappa shape index (κ3) is 4.93. The highest BCUT2D eigenvalue weighted by Gasteiger charge is 2.28. The topological polar surface area (TPSA) is 69.7 Å². The van der Waals surface area contributed by atoms with Gasteiger partial charge in [-0.3, -0.25) is 4.79 Å². The minimum absolute atomic E-state index is 0.0232. The minimum atomic E-state index is -1.35. The van der Waals surface area contributed by atoms with Gasteiger partial charge in [0.2, 0.25) is 6.10 Å². The van der Waals surface area contributed by atoms with Crippen molar-refractivity contribution in [1.82, 2.24) is 0 Å². The lowest BCUT2D eigenvalue weighted by atomic mass is 10.1. The van der Waals surface area contributed by atoms with Gasteiger partial charge in [0, 0.05) is 5.56 Å². The molecule has 0 spiro atoms. The van der Waals surface area contributed by atoms with E-state index in [0.717, 1.165) is 5.56 Å². The number of carbonyl (C=O) groups is 3. The van der Waals surface area contributed by atoms with Gasteiger partial charge in [-0.25, -0.2) is 9.59 Å². The molecule has 2 aromatic rings. The molecule has 0 aromatic heterocycles. The molecule has 0 aliphatic carbocycles. The van der Waals surface area contributed by atoms with Crippen LogP contribution in [0.4, 0.5) is 0 Å². The predicted octanol–water partition coefficient (Wildman–Crippen LogP) is 2.78. The third-order valence-electron chi connectivity index (χ3n) is 2.93. The van der Waals surface area contributed by atoms with Gasteiger partial charge in [-0.05, 0) is 17.2 Å². The van der Waals surface area contributed by atoms with E-state index < -0.39 is 23.3 Å². The molecule has 1 atom stereocenters. The number of hydrogen-bond acceptors (Lipinski definition) is 5. The third-order valence-corrected chi connectivity index (χ3v) is 3.08. The van der Waals surface area contributed by atoms with E-state index in [0.29, 0.717) is 5.56 Å². The lowest BCUT2D eigenvalue weighted by Crippen LogP contribution is -2.24. The van der Waals surface area contributed by atoms with Gasteiger partial charge in [-0.1, -0.05) is 60.7 Å². The molecule has 23 heavy (non-hydrogen) atoms. The molecule has 0 radical (unpaired) electrons. The second-order valence-electron chi connectivity index (χ2n) is 4.56. The number of halogens is 1. The quantitative estimate of drug-likeness (QED) is 0.462. The van der Waals surface area contributed by atoms with Crippen LogP contribution in [-0.2, 0) is 30.5 Å². The van der Waals surface area contributed by atoms with Crippen LogP contribution >= 0.6 is 11.6 Å². The minimum Gasteiger partial charge on any atom is -0.458 e. The van der Waals surface area contributed by atoms with Crippen LogP contribution < -0.4 is 0 Å². The fraction of sp³-hybridized carbons (Fsp3) is 0.118. The van der Waals surface area contributed by atoms with Crippen LogP contribution in [0.15, 0.2) is 60.7 Å². The first-order valence-electron chi connectivity index (χ1n) is 6.74. The van der Waals surface area contributed by atoms with Gasteiger partial charge in [-0.2, -0.15) is 0 Å². The number of benzene rings is 2. The van der Waals surface area contributed by atoms with E-state index in [1.165, 1.54) is 0 Å². The average Bonchev–Trinajstić information content (AvgIpc) is 2.59. The molecule has 2 aromatic carbocycles. The van der Waals surface area contributed by atoms with E-state index in [9.17, 15) is 14.4 Å². The molecule has 1 unspecified atom stereocenters. The number of carbonyl (C=O) groups excluding carboxylic acids is 3. The lowest BCUT2D eigenvalue weighted by molar-refractivity contribution is -0.170. The Morgan fingerprint density at radius 3 is 2.04 bits per heavy atom. The predicted molar refractivity (Wildman–Crippen MR) is 82.4 cm³/mol. The molecule has 2 rings (SSSR count). The first kappa shape index (κ1) is 16.7. The Balaban J connectivity index is 2.11. The maximum Gasteiger partial charge on any atom is 0.392 e. The van der Waals surface area contributed by atoms with E-state index in [1.54, 1.807) is 42.5 Å². The monoisotopic (exact) mass is 332 g/mol. The molecule has 0 fully saturated rings. The fourth-order valence-electron chi connectivity index (χ4n) is 1.84. The standard InChI is InChI=1S/C17H13ClO5/c18-15(19)17(21)23-14(13-9-5-2-6-10-13)16(20)22-11-12-7-3-1-4-8-12/h1-10,14H,11H2. The van der Waals surface area contributed by atoms with Crippen molar-refractivity contribution in [3.05, 3.63) is 71.8 Å². The van der Waals surface area contributed by atoms with Gasteiger partial charge < -0.3 is 9.47 Å². The van der Waals surface area contributed by atoms with Crippen LogP contribution in [0.2, 0.25) is 0 Å². The number of esters is 2. The van der Waals surface area contributed by atoms with Crippen molar-refractivity contribution >= 4 is 28.8 Å². The van der Waals surface area contributed by atoms with Crippen molar-refractivity contribution in [2.75, 3.05) is 0 Å². The zero-order chi connectivity index (χ0) is 16.7. The Hall–Kier alpha value is -2.66. The summed E-state index contributed by atoms with van der Waals surface area (Å²) in [6, 6.07) is 17.3. The Labute approximate surface area is 137 Å². The highest BCUT2D eigenvalue weighted by atomic mass is 35.5. The van der Waals surface area contributed by atoms with E-state index in [4.69, 9.17) is 21.1 Å². The smallest absolute Gasteiger partial charge is 0.392 e. The highest BCUT2D eigenvalue weighted by Crippen LogP contribution is 2.20. The Morgan fingerprint density at radius 1 is 0.913 bits per heavy atom. The summed E-state index contributed by atoms with van der Waals surface area (Å²) >= 11 is 5.07. The van der Waals surface area contributed by atoms with Gasteiger partial charge in [0.15, 0.2) is 0 Å². The molecule has 5 nitrogen and oxygen atoms in total. The molecule has 6 heteroatoms. The van der Waals surface area contributed by atoms with Crippen molar-refractivity contribution in [2.24, 2.45) is 0 Å². The number of hydrogen-bond donors (Lipinski definition) is 0. The zero-order valence-electron chi connectivity index (χ0n) is 12.0. The summed E-state index contributed by atoms with van der Waals surface area (Å²) in [6.45, 7) is 0.0232. The second kappa shape index (κ2) is 8.10. The van der Waals surface area contributed by atoms with Gasteiger partial charge in [0.05, 0.1) is 0 Å². The van der Waals surface area contributed by atoms with Crippen LogP contribution in [0, 0.1) is 0 Å². The summed E-state index contributed by atoms with van der Waals surface area (Å²) in [6.07, 6.45) is -1.35. The lowest BCUT2D eigenvalue weighted by Gasteiger charge is -2.16. The van der Waals surface area contributed by atoms with Gasteiger partial charge >= 0.3 is 17.2 Å². The molecule has 0 amide bonds. The Kier molecular flexibility index (Phi) is 5.88. The van der Waals surface area contributed by atoms with Crippen molar-refractivity contribution in [2.45, 2.75) is 12.7 Å². The normalized spacial score (nSPS) is 11.3. The van der Waals surface area contributed by atoms with Crippen molar-refractivity contribution < 1.29 is 23.9 Å². The maximum atomic E-state index is 12.2. The van der Waals surface area contributed by atoms with E-state index in [-0.39, 0.29) is 6.61 Å². The summed E-state index contributed by atoms with van der Waals surface area (Å²) in [5.41, 5.74) is 1.17. The van der Waals surface area contributed by atoms with Crippen molar-refractivity contribution in [3.63, 3.8) is 0 Å². The Bertz CT molecular complexity index is 685. The summed E-state index contributed by atoms with van der Waals surface area (Å²) in [5, 5.41) is -1.30. The molecule has 0 saturated carbocycles. The van der Waals surface area contributed by atoms with Gasteiger partial charge in [0.25, 0.3) is 0 Å². The number of rotatable bonds is 6. The number of ether oxygens (including phenoxy) is 2. The molecular weight excluding hydrogens is 320 g/mol. The van der Waals surface area contributed by atoms with Crippen LogP contribution in [0.5, 0.6) is 0 Å². The van der Waals surface area contributed by atoms with Crippen LogP contribution in [0.25, 0.3) is 0 Å². The Morgan fingerprint density at radius 2 is 1.48 bits per heavy atom. The fourth-order valence-corrected chi connectivity index (χ4v) is 1.88. The molecular formula is C17H13ClO5. The summed E-state index contributed by atoms with van der Waals surface area (Å²) in [4.78, 5) is 34.5. The average molecular weight is 333 g/mol. The second-order valence-corrected chi connectivity index (χ2v) is 4.91. The van der Waals surface area contributed by atoms with Gasteiger partial charge in [0.1, 0.15) is 6.61 Å². The zero-order valence-corrected chi connectivity index (χ0v) is 12.7. The largest absolute Gasteiger partial charge is 0.458 e. The van der Waals surface area contributed by atoms with E-state index in [1.807, 2.05) is 18.2 Å². The molecule has 0 aliphatic rings. The molecule has 118 valence electrons.